The zero-order valence-corrected chi connectivity index (χ0v) is 17.7. The summed E-state index contributed by atoms with van der Waals surface area (Å²) in [6.07, 6.45) is -3.99. The Morgan fingerprint density at radius 2 is 1.62 bits per heavy atom. The van der Waals surface area contributed by atoms with Gasteiger partial charge in [0.15, 0.2) is 0 Å². The van der Waals surface area contributed by atoms with Gasteiger partial charge < -0.3 is 11.1 Å². The number of halogens is 6. The van der Waals surface area contributed by atoms with Crippen LogP contribution in [-0.2, 0) is 22.0 Å². The maximum Gasteiger partial charge on any atom is 0.418 e. The summed E-state index contributed by atoms with van der Waals surface area (Å²) in [5.74, 6) is -0.816. The summed E-state index contributed by atoms with van der Waals surface area (Å²) in [6, 6.07) is 5.78. The third-order valence-corrected chi connectivity index (χ3v) is 5.99. The van der Waals surface area contributed by atoms with Crippen molar-refractivity contribution in [3.63, 3.8) is 0 Å². The van der Waals surface area contributed by atoms with E-state index in [0.717, 1.165) is 43.5 Å². The molecule has 11 heteroatoms. The maximum absolute atomic E-state index is 13.7. The highest BCUT2D eigenvalue weighted by Gasteiger charge is 2.39. The first-order valence-corrected chi connectivity index (χ1v) is 10.6. The van der Waals surface area contributed by atoms with Crippen LogP contribution in [0.1, 0.15) is 43.2 Å². The molecule has 2 aromatic rings. The molecule has 4 rings (SSSR count). The van der Waals surface area contributed by atoms with E-state index >= 15 is 0 Å². The first kappa shape index (κ1) is 23.9. The Kier molecular flexibility index (Phi) is 6.01. The van der Waals surface area contributed by atoms with Gasteiger partial charge >= 0.3 is 12.4 Å². The highest BCUT2D eigenvalue weighted by atomic mass is 19.4. The van der Waals surface area contributed by atoms with Gasteiger partial charge in [0.2, 0.25) is 0 Å². The molecule has 0 atom stereocenters. The van der Waals surface area contributed by atoms with Crippen LogP contribution in [0.25, 0.3) is 11.1 Å². The lowest BCUT2D eigenvalue weighted by atomic mass is 9.84. The fourth-order valence-electron chi connectivity index (χ4n) is 4.31. The summed E-state index contributed by atoms with van der Waals surface area (Å²) >= 11 is 0. The first-order valence-electron chi connectivity index (χ1n) is 10.6. The molecule has 0 unspecified atom stereocenters. The SMILES string of the molecule is Nc1c(NC(=O)C2=CC3(CCCCC3)ON2)cc(-c2ccccc2C(F)(F)F)cc1C(F)(F)F. The summed E-state index contributed by atoms with van der Waals surface area (Å²) < 4.78 is 81.5. The second kappa shape index (κ2) is 8.53. The molecule has 0 saturated heterocycles. The second-order valence-electron chi connectivity index (χ2n) is 8.37. The quantitative estimate of drug-likeness (QED) is 0.366. The van der Waals surface area contributed by atoms with Crippen molar-refractivity contribution in [3.8, 4) is 11.1 Å². The van der Waals surface area contributed by atoms with Crippen LogP contribution in [0.5, 0.6) is 0 Å². The molecule has 0 aromatic heterocycles. The molecule has 5 nitrogen and oxygen atoms in total. The van der Waals surface area contributed by atoms with Crippen molar-refractivity contribution in [2.75, 3.05) is 11.1 Å². The standard InChI is InChI=1S/C23H21F6N3O2/c24-22(25,26)15-7-3-2-6-14(15)13-10-16(23(27,28)29)19(30)17(11-13)31-20(33)18-12-21(34-32-18)8-4-1-5-9-21/h2-3,6-7,10-12,32H,1,4-5,8-9,30H2,(H,31,33). The Labute approximate surface area is 190 Å². The average molecular weight is 485 g/mol. The van der Waals surface area contributed by atoms with E-state index in [-0.39, 0.29) is 5.70 Å². The van der Waals surface area contributed by atoms with E-state index in [1.807, 2.05) is 0 Å². The molecule has 1 amide bonds. The number of alkyl halides is 6. The molecule has 2 aliphatic rings. The number of hydrogen-bond acceptors (Lipinski definition) is 4. The fourth-order valence-corrected chi connectivity index (χ4v) is 4.31. The van der Waals surface area contributed by atoms with Crippen LogP contribution in [0.3, 0.4) is 0 Å². The lowest BCUT2D eigenvalue weighted by molar-refractivity contribution is -0.137. The summed E-state index contributed by atoms with van der Waals surface area (Å²) in [5.41, 5.74) is 2.94. The van der Waals surface area contributed by atoms with Crippen LogP contribution < -0.4 is 16.5 Å². The van der Waals surface area contributed by atoms with Gasteiger partial charge in [-0.3, -0.25) is 15.1 Å². The zero-order chi connectivity index (χ0) is 24.7. The molecule has 1 aliphatic carbocycles. The third-order valence-electron chi connectivity index (χ3n) is 5.99. The van der Waals surface area contributed by atoms with Crippen LogP contribution in [0.2, 0.25) is 0 Å². The molecule has 4 N–H and O–H groups in total. The maximum atomic E-state index is 13.7. The second-order valence-corrected chi connectivity index (χ2v) is 8.37. The minimum Gasteiger partial charge on any atom is -0.397 e. The molecule has 1 heterocycles. The van der Waals surface area contributed by atoms with E-state index in [4.69, 9.17) is 10.6 Å². The molecule has 1 aliphatic heterocycles. The van der Waals surface area contributed by atoms with Gasteiger partial charge in [-0.15, -0.1) is 0 Å². The summed E-state index contributed by atoms with van der Waals surface area (Å²) in [5, 5.41) is 2.30. The van der Waals surface area contributed by atoms with Crippen LogP contribution in [-0.4, -0.2) is 11.5 Å². The Hall–Kier alpha value is -3.21. The number of nitrogen functional groups attached to an aromatic ring is 1. The summed E-state index contributed by atoms with van der Waals surface area (Å²) in [7, 11) is 0. The zero-order valence-electron chi connectivity index (χ0n) is 17.7. The largest absolute Gasteiger partial charge is 0.418 e. The third kappa shape index (κ3) is 4.70. The van der Waals surface area contributed by atoms with Crippen molar-refractivity contribution in [1.29, 1.82) is 0 Å². The van der Waals surface area contributed by atoms with Gasteiger partial charge in [0.25, 0.3) is 5.91 Å². The average Bonchev–Trinajstić information content (AvgIpc) is 3.17. The number of nitrogens with two attached hydrogens (primary N) is 1. The van der Waals surface area contributed by atoms with Gasteiger partial charge in [-0.1, -0.05) is 37.5 Å². The van der Waals surface area contributed by atoms with Gasteiger partial charge in [0, 0.05) is 0 Å². The van der Waals surface area contributed by atoms with Gasteiger partial charge in [0.1, 0.15) is 11.3 Å². The molecule has 1 spiro atoms. The van der Waals surface area contributed by atoms with Gasteiger partial charge in [-0.05, 0) is 48.2 Å². The number of amides is 1. The number of nitrogens with one attached hydrogen (secondary N) is 2. The van der Waals surface area contributed by atoms with Crippen molar-refractivity contribution < 1.29 is 36.0 Å². The van der Waals surface area contributed by atoms with E-state index in [1.54, 1.807) is 6.08 Å². The molecule has 34 heavy (non-hydrogen) atoms. The minimum absolute atomic E-state index is 0.00375. The minimum atomic E-state index is -4.97. The monoisotopic (exact) mass is 485 g/mol. The number of rotatable bonds is 3. The molecule has 182 valence electrons. The molecule has 1 fully saturated rings. The van der Waals surface area contributed by atoms with E-state index in [1.165, 1.54) is 6.07 Å². The number of carbonyl (C=O) groups excluding carboxylic acids is 1. The molecule has 0 bridgehead atoms. The molecule has 2 aromatic carbocycles. The van der Waals surface area contributed by atoms with Crippen LogP contribution >= 0.6 is 0 Å². The lowest BCUT2D eigenvalue weighted by Gasteiger charge is -2.29. The normalized spacial score (nSPS) is 17.9. The Bertz CT molecular complexity index is 1130. The van der Waals surface area contributed by atoms with Crippen LogP contribution in [0.4, 0.5) is 37.7 Å². The highest BCUT2D eigenvalue weighted by Crippen LogP contribution is 2.44. The van der Waals surface area contributed by atoms with E-state index < -0.39 is 57.5 Å². The van der Waals surface area contributed by atoms with Crippen molar-refractivity contribution >= 4 is 17.3 Å². The molecule has 1 saturated carbocycles. The molecule has 0 radical (unpaired) electrons. The molecular formula is C23H21F6N3O2. The van der Waals surface area contributed by atoms with Crippen molar-refractivity contribution in [1.82, 2.24) is 5.48 Å². The van der Waals surface area contributed by atoms with Crippen molar-refractivity contribution in [3.05, 3.63) is 59.3 Å². The summed E-state index contributed by atoms with van der Waals surface area (Å²) in [4.78, 5) is 18.4. The Morgan fingerprint density at radius 3 is 2.26 bits per heavy atom. The van der Waals surface area contributed by atoms with E-state index in [0.29, 0.717) is 18.9 Å². The van der Waals surface area contributed by atoms with Gasteiger partial charge in [-0.2, -0.15) is 26.3 Å². The Morgan fingerprint density at radius 1 is 0.971 bits per heavy atom. The molecular weight excluding hydrogens is 464 g/mol. The van der Waals surface area contributed by atoms with E-state index in [9.17, 15) is 31.1 Å². The van der Waals surface area contributed by atoms with Crippen LogP contribution in [0.15, 0.2) is 48.2 Å². The van der Waals surface area contributed by atoms with Crippen LogP contribution in [0, 0.1) is 0 Å². The smallest absolute Gasteiger partial charge is 0.397 e. The Balaban J connectivity index is 1.74. The van der Waals surface area contributed by atoms with Gasteiger partial charge in [0.05, 0.1) is 22.5 Å². The number of hydrogen-bond donors (Lipinski definition) is 3. The summed E-state index contributed by atoms with van der Waals surface area (Å²) in [6.45, 7) is 0. The van der Waals surface area contributed by atoms with Crippen molar-refractivity contribution in [2.45, 2.75) is 50.1 Å². The van der Waals surface area contributed by atoms with Crippen molar-refractivity contribution in [2.24, 2.45) is 0 Å². The van der Waals surface area contributed by atoms with E-state index in [2.05, 4.69) is 10.8 Å². The predicted octanol–water partition coefficient (Wildman–Crippen LogP) is 6.03. The van der Waals surface area contributed by atoms with Gasteiger partial charge in [-0.25, -0.2) is 0 Å². The fraction of sp³-hybridized carbons (Fsp3) is 0.348. The highest BCUT2D eigenvalue weighted by molar-refractivity contribution is 6.06. The number of anilines is 2. The topological polar surface area (TPSA) is 76.4 Å². The predicted molar refractivity (Wildman–Crippen MR) is 113 cm³/mol. The lowest BCUT2D eigenvalue weighted by Crippen LogP contribution is -2.32. The number of hydroxylamine groups is 1. The number of benzene rings is 2. The number of carbonyl (C=O) groups is 1. The first-order chi connectivity index (χ1) is 15.9.